The molecule has 1 saturated heterocycles. The van der Waals surface area contributed by atoms with E-state index < -0.39 is 36.5 Å². The van der Waals surface area contributed by atoms with E-state index in [-0.39, 0.29) is 12.3 Å². The van der Waals surface area contributed by atoms with E-state index in [0.717, 1.165) is 0 Å². The van der Waals surface area contributed by atoms with Crippen molar-refractivity contribution in [3.05, 3.63) is 10.4 Å². The molecule has 4 atom stereocenters. The smallest absolute Gasteiger partial charge is 0.303 e. The fraction of sp³-hybridized carbons (Fsp3) is 0.800. The Kier molecular flexibility index (Phi) is 5.88. The zero-order valence-corrected chi connectivity index (χ0v) is 11.2. The first-order chi connectivity index (χ1) is 8.97. The minimum atomic E-state index is -0.816. The fourth-order valence-corrected chi connectivity index (χ4v) is 2.08. The minimum Gasteiger partial charge on any atom is -0.458 e. The molecule has 0 aromatic heterocycles. The fourth-order valence-electron chi connectivity index (χ4n) is 1.83. The maximum atomic E-state index is 11.1. The Bertz CT molecular complexity index is 399. The number of carbonyl (C=O) groups is 2. The van der Waals surface area contributed by atoms with Gasteiger partial charge in [0.2, 0.25) is 0 Å². The number of hydrogen-bond donors (Lipinski definition) is 0. The highest BCUT2D eigenvalue weighted by Crippen LogP contribution is 2.27. The number of esters is 2. The van der Waals surface area contributed by atoms with Crippen LogP contribution in [0.25, 0.3) is 10.4 Å². The van der Waals surface area contributed by atoms with Crippen LogP contribution in [0.2, 0.25) is 0 Å². The van der Waals surface area contributed by atoms with Crippen LogP contribution in [0.1, 0.15) is 20.3 Å². The van der Waals surface area contributed by atoms with E-state index in [1.807, 2.05) is 0 Å². The summed E-state index contributed by atoms with van der Waals surface area (Å²) in [5, 5.41) is 3.42. The first kappa shape index (κ1) is 15.6. The molecule has 0 N–H and O–H groups in total. The van der Waals surface area contributed by atoms with Crippen molar-refractivity contribution < 1.29 is 23.8 Å². The lowest BCUT2D eigenvalue weighted by Crippen LogP contribution is -2.52. The van der Waals surface area contributed by atoms with E-state index >= 15 is 0 Å². The maximum Gasteiger partial charge on any atom is 0.303 e. The van der Waals surface area contributed by atoms with Gasteiger partial charge in [0.25, 0.3) is 0 Å². The molecule has 1 rings (SSSR count). The molecule has 0 amide bonds. The monoisotopic (exact) mass is 291 g/mol. The van der Waals surface area contributed by atoms with Crippen LogP contribution in [0, 0.1) is 0 Å². The standard InChI is InChI=1S/C10H14ClN3O5/c1-5(15)17-7-3-9(13-14-12)19-8(4-11)10(7)18-6(2)16/h7-10H,3-4H2,1-2H3. The van der Waals surface area contributed by atoms with Gasteiger partial charge in [-0.2, -0.15) is 0 Å². The molecule has 0 bridgehead atoms. The third kappa shape index (κ3) is 4.59. The second-order valence-corrected chi connectivity index (χ2v) is 4.25. The molecule has 1 aliphatic rings. The summed E-state index contributed by atoms with van der Waals surface area (Å²) >= 11 is 5.73. The summed E-state index contributed by atoms with van der Waals surface area (Å²) in [6, 6.07) is 0. The summed E-state index contributed by atoms with van der Waals surface area (Å²) in [5.74, 6) is -1.06. The summed E-state index contributed by atoms with van der Waals surface area (Å²) in [5.41, 5.74) is 8.41. The lowest BCUT2D eigenvalue weighted by atomic mass is 10.0. The van der Waals surface area contributed by atoms with Crippen molar-refractivity contribution in [2.75, 3.05) is 5.88 Å². The molecule has 0 aromatic rings. The van der Waals surface area contributed by atoms with Gasteiger partial charge in [0.15, 0.2) is 6.10 Å². The van der Waals surface area contributed by atoms with Crippen LogP contribution >= 0.6 is 11.6 Å². The number of alkyl halides is 1. The van der Waals surface area contributed by atoms with Gasteiger partial charge in [-0.15, -0.1) is 11.6 Å². The van der Waals surface area contributed by atoms with E-state index in [4.69, 9.17) is 31.3 Å². The van der Waals surface area contributed by atoms with E-state index in [1.54, 1.807) is 0 Å². The molecule has 0 aliphatic carbocycles. The van der Waals surface area contributed by atoms with Crippen LogP contribution in [-0.2, 0) is 23.8 Å². The van der Waals surface area contributed by atoms with Crippen molar-refractivity contribution in [3.8, 4) is 0 Å². The third-order valence-electron chi connectivity index (χ3n) is 2.45. The second kappa shape index (κ2) is 7.18. The molecule has 0 aromatic carbocycles. The van der Waals surface area contributed by atoms with E-state index in [2.05, 4.69) is 10.0 Å². The van der Waals surface area contributed by atoms with Gasteiger partial charge < -0.3 is 14.2 Å². The van der Waals surface area contributed by atoms with Crippen molar-refractivity contribution in [2.24, 2.45) is 5.11 Å². The van der Waals surface area contributed by atoms with Crippen LogP contribution < -0.4 is 0 Å². The molecule has 1 heterocycles. The van der Waals surface area contributed by atoms with Gasteiger partial charge in [-0.3, -0.25) is 9.59 Å². The Labute approximate surface area is 114 Å². The molecule has 1 aliphatic heterocycles. The molecule has 19 heavy (non-hydrogen) atoms. The van der Waals surface area contributed by atoms with Crippen molar-refractivity contribution in [3.63, 3.8) is 0 Å². The highest BCUT2D eigenvalue weighted by Gasteiger charge is 2.42. The van der Waals surface area contributed by atoms with Crippen molar-refractivity contribution >= 4 is 23.5 Å². The van der Waals surface area contributed by atoms with Crippen molar-refractivity contribution in [2.45, 2.75) is 44.8 Å². The molecule has 8 nitrogen and oxygen atoms in total. The third-order valence-corrected chi connectivity index (χ3v) is 2.75. The minimum absolute atomic E-state index is 0.00710. The number of rotatable bonds is 4. The normalized spacial score (nSPS) is 30.1. The highest BCUT2D eigenvalue weighted by atomic mass is 35.5. The van der Waals surface area contributed by atoms with Gasteiger partial charge in [-0.05, 0) is 5.53 Å². The Morgan fingerprint density at radius 1 is 1.42 bits per heavy atom. The van der Waals surface area contributed by atoms with Crippen LogP contribution in [0.5, 0.6) is 0 Å². The Hall–Kier alpha value is -1.50. The Morgan fingerprint density at radius 3 is 2.53 bits per heavy atom. The molecule has 0 spiro atoms. The molecule has 1 fully saturated rings. The van der Waals surface area contributed by atoms with E-state index in [9.17, 15) is 9.59 Å². The average molecular weight is 292 g/mol. The van der Waals surface area contributed by atoms with E-state index in [1.165, 1.54) is 13.8 Å². The molecule has 9 heteroatoms. The lowest BCUT2D eigenvalue weighted by Gasteiger charge is -2.38. The number of ether oxygens (including phenoxy) is 3. The maximum absolute atomic E-state index is 11.1. The zero-order chi connectivity index (χ0) is 14.4. The quantitative estimate of drug-likeness (QED) is 0.256. The molecular formula is C10H14ClN3O5. The number of carbonyl (C=O) groups excluding carboxylic acids is 2. The van der Waals surface area contributed by atoms with Crippen LogP contribution in [-0.4, -0.2) is 42.4 Å². The van der Waals surface area contributed by atoms with Crippen molar-refractivity contribution in [1.82, 2.24) is 0 Å². The van der Waals surface area contributed by atoms with E-state index in [0.29, 0.717) is 0 Å². The largest absolute Gasteiger partial charge is 0.458 e. The summed E-state index contributed by atoms with van der Waals surface area (Å²) in [6.07, 6.45) is -2.99. The summed E-state index contributed by atoms with van der Waals surface area (Å²) in [6.45, 7) is 2.47. The first-order valence-corrected chi connectivity index (χ1v) is 6.11. The zero-order valence-electron chi connectivity index (χ0n) is 10.5. The second-order valence-electron chi connectivity index (χ2n) is 3.95. The predicted octanol–water partition coefficient (Wildman–Crippen LogP) is 1.51. The number of halogens is 1. The topological polar surface area (TPSA) is 111 Å². The molecule has 0 radical (unpaired) electrons. The van der Waals surface area contributed by atoms with Crippen LogP contribution in [0.3, 0.4) is 0 Å². The lowest BCUT2D eigenvalue weighted by molar-refractivity contribution is -0.202. The molecule has 106 valence electrons. The van der Waals surface area contributed by atoms with Crippen LogP contribution in [0.15, 0.2) is 5.11 Å². The Morgan fingerprint density at radius 2 is 2.05 bits per heavy atom. The SMILES string of the molecule is CC(=O)OC1CC(N=[N+]=[N-])OC(CCl)C1OC(C)=O. The molecule has 0 saturated carbocycles. The highest BCUT2D eigenvalue weighted by molar-refractivity contribution is 6.18. The summed E-state index contributed by atoms with van der Waals surface area (Å²) in [4.78, 5) is 24.8. The summed E-state index contributed by atoms with van der Waals surface area (Å²) < 4.78 is 15.5. The van der Waals surface area contributed by atoms with Gasteiger partial charge in [-0.1, -0.05) is 5.11 Å². The number of hydrogen-bond acceptors (Lipinski definition) is 6. The number of nitrogens with zero attached hydrogens (tertiary/aromatic N) is 3. The van der Waals surface area contributed by atoms with Gasteiger partial charge >= 0.3 is 11.9 Å². The number of azide groups is 1. The summed E-state index contributed by atoms with van der Waals surface area (Å²) in [7, 11) is 0. The first-order valence-electron chi connectivity index (χ1n) is 5.58. The van der Waals surface area contributed by atoms with Gasteiger partial charge in [0.05, 0.1) is 5.88 Å². The Balaban J connectivity index is 2.90. The molecule has 4 unspecified atom stereocenters. The van der Waals surface area contributed by atoms with Gasteiger partial charge in [0.1, 0.15) is 18.4 Å². The van der Waals surface area contributed by atoms with Crippen molar-refractivity contribution in [1.29, 1.82) is 0 Å². The molecular weight excluding hydrogens is 278 g/mol. The van der Waals surface area contributed by atoms with Crippen LogP contribution in [0.4, 0.5) is 0 Å². The van der Waals surface area contributed by atoms with Gasteiger partial charge in [-0.25, -0.2) is 0 Å². The van der Waals surface area contributed by atoms with Gasteiger partial charge in [0, 0.05) is 25.2 Å². The average Bonchev–Trinajstić information content (AvgIpc) is 2.31. The predicted molar refractivity (Wildman–Crippen MR) is 64.3 cm³/mol.